The molecule has 1 unspecified atom stereocenters. The van der Waals surface area contributed by atoms with Crippen LogP contribution in [-0.4, -0.2) is 21.0 Å². The average Bonchev–Trinajstić information content (AvgIpc) is 2.54. The van der Waals surface area contributed by atoms with Gasteiger partial charge in [0.2, 0.25) is 11.9 Å². The zero-order valence-corrected chi connectivity index (χ0v) is 10.6. The first-order chi connectivity index (χ1) is 8.65. The summed E-state index contributed by atoms with van der Waals surface area (Å²) in [5.41, 5.74) is 8.05. The molecule has 0 radical (unpaired) electrons. The predicted octanol–water partition coefficient (Wildman–Crippen LogP) is 2.09. The minimum Gasteiger partial charge on any atom is -0.368 e. The number of hydrogen-bond acceptors (Lipinski definition) is 5. The van der Waals surface area contributed by atoms with E-state index in [1.54, 1.807) is 0 Å². The van der Waals surface area contributed by atoms with Gasteiger partial charge < -0.3 is 11.1 Å². The largest absolute Gasteiger partial charge is 0.368 e. The zero-order chi connectivity index (χ0) is 13.0. The second kappa shape index (κ2) is 5.44. The van der Waals surface area contributed by atoms with Crippen molar-refractivity contribution in [2.24, 2.45) is 0 Å². The van der Waals surface area contributed by atoms with Gasteiger partial charge in [0.05, 0.1) is 6.04 Å². The minimum absolute atomic E-state index is 0.116. The Kier molecular flexibility index (Phi) is 3.72. The average molecular weight is 243 g/mol. The molecule has 94 valence electrons. The highest BCUT2D eigenvalue weighted by molar-refractivity contribution is 5.40. The molecule has 0 spiro atoms. The number of allylic oxidation sites excluding steroid dienone is 4. The molecule has 18 heavy (non-hydrogen) atoms. The molecule has 1 aromatic rings. The summed E-state index contributed by atoms with van der Waals surface area (Å²) in [6.07, 6.45) is 10.9. The van der Waals surface area contributed by atoms with E-state index in [9.17, 15) is 0 Å². The Morgan fingerprint density at radius 1 is 1.33 bits per heavy atom. The summed E-state index contributed by atoms with van der Waals surface area (Å²) in [5.74, 6) is 0.718. The number of nitrogens with one attached hydrogen (secondary N) is 1. The number of nitrogen functional groups attached to an aromatic ring is 1. The van der Waals surface area contributed by atoms with Crippen molar-refractivity contribution < 1.29 is 0 Å². The lowest BCUT2D eigenvalue weighted by molar-refractivity contribution is 0.910. The number of nitrogens with zero attached hydrogens (tertiary/aromatic N) is 3. The molecular weight excluding hydrogens is 226 g/mol. The summed E-state index contributed by atoms with van der Waals surface area (Å²) >= 11 is 0. The molecule has 0 bridgehead atoms. The van der Waals surface area contributed by atoms with Crippen LogP contribution in [0, 0.1) is 0 Å². The SMILES string of the molecule is CC1=CC=C(C(C)Nc2ncnc(N)n2)C=CC1. The highest BCUT2D eigenvalue weighted by Gasteiger charge is 2.08. The Morgan fingerprint density at radius 2 is 2.17 bits per heavy atom. The van der Waals surface area contributed by atoms with Gasteiger partial charge in [0.15, 0.2) is 0 Å². The zero-order valence-electron chi connectivity index (χ0n) is 10.6. The quantitative estimate of drug-likeness (QED) is 0.850. The van der Waals surface area contributed by atoms with Gasteiger partial charge in [-0.05, 0) is 25.8 Å². The maximum Gasteiger partial charge on any atom is 0.227 e. The molecule has 0 aliphatic heterocycles. The lowest BCUT2D eigenvalue weighted by Crippen LogP contribution is -2.19. The van der Waals surface area contributed by atoms with E-state index in [0.29, 0.717) is 5.95 Å². The van der Waals surface area contributed by atoms with Crippen molar-refractivity contribution in [1.29, 1.82) is 0 Å². The Morgan fingerprint density at radius 3 is 2.94 bits per heavy atom. The van der Waals surface area contributed by atoms with Crippen LogP contribution in [-0.2, 0) is 0 Å². The van der Waals surface area contributed by atoms with Crippen LogP contribution < -0.4 is 11.1 Å². The summed E-state index contributed by atoms with van der Waals surface area (Å²) in [7, 11) is 0. The van der Waals surface area contributed by atoms with E-state index in [2.05, 4.69) is 58.4 Å². The number of hydrogen-bond donors (Lipinski definition) is 2. The van der Waals surface area contributed by atoms with Crippen molar-refractivity contribution in [3.8, 4) is 0 Å². The molecular formula is C13H17N5. The van der Waals surface area contributed by atoms with Crippen molar-refractivity contribution in [3.05, 3.63) is 41.8 Å². The third-order valence-electron chi connectivity index (χ3n) is 2.75. The fraction of sp³-hybridized carbons (Fsp3) is 0.308. The van der Waals surface area contributed by atoms with E-state index < -0.39 is 0 Å². The van der Waals surface area contributed by atoms with Crippen LogP contribution >= 0.6 is 0 Å². The summed E-state index contributed by atoms with van der Waals surface area (Å²) < 4.78 is 0. The fourth-order valence-corrected chi connectivity index (χ4v) is 1.69. The van der Waals surface area contributed by atoms with Gasteiger partial charge in [0.25, 0.3) is 0 Å². The molecule has 0 aromatic carbocycles. The van der Waals surface area contributed by atoms with Crippen molar-refractivity contribution in [3.63, 3.8) is 0 Å². The van der Waals surface area contributed by atoms with E-state index in [4.69, 9.17) is 5.73 Å². The van der Waals surface area contributed by atoms with Crippen LogP contribution in [0.5, 0.6) is 0 Å². The van der Waals surface area contributed by atoms with Crippen LogP contribution in [0.1, 0.15) is 20.3 Å². The van der Waals surface area contributed by atoms with Gasteiger partial charge in [-0.1, -0.05) is 29.9 Å². The highest BCUT2D eigenvalue weighted by Crippen LogP contribution is 2.15. The van der Waals surface area contributed by atoms with Crippen molar-refractivity contribution in [2.45, 2.75) is 26.3 Å². The topological polar surface area (TPSA) is 76.7 Å². The summed E-state index contributed by atoms with van der Waals surface area (Å²) in [6, 6.07) is 0.116. The van der Waals surface area contributed by atoms with Crippen molar-refractivity contribution >= 4 is 11.9 Å². The number of rotatable bonds is 3. The van der Waals surface area contributed by atoms with Gasteiger partial charge >= 0.3 is 0 Å². The molecule has 5 heteroatoms. The Labute approximate surface area is 107 Å². The summed E-state index contributed by atoms with van der Waals surface area (Å²) in [6.45, 7) is 4.18. The molecule has 1 atom stereocenters. The summed E-state index contributed by atoms with van der Waals surface area (Å²) in [5, 5.41) is 3.20. The number of aromatic nitrogens is 3. The second-order valence-corrected chi connectivity index (χ2v) is 4.32. The molecule has 0 amide bonds. The van der Waals surface area contributed by atoms with Gasteiger partial charge in [-0.2, -0.15) is 4.98 Å². The van der Waals surface area contributed by atoms with E-state index in [1.807, 2.05) is 0 Å². The van der Waals surface area contributed by atoms with Gasteiger partial charge in [-0.3, -0.25) is 0 Å². The predicted molar refractivity (Wildman–Crippen MR) is 72.9 cm³/mol. The fourth-order valence-electron chi connectivity index (χ4n) is 1.69. The number of anilines is 2. The van der Waals surface area contributed by atoms with Crippen molar-refractivity contribution in [1.82, 2.24) is 15.0 Å². The molecule has 0 saturated carbocycles. The standard InChI is InChI=1S/C13H17N5/c1-9-4-3-5-11(7-6-9)10(2)17-13-16-8-15-12(14)18-13/h3,5-8,10H,4H2,1-2H3,(H3,14,15,16,17,18). The first-order valence-corrected chi connectivity index (χ1v) is 5.90. The van der Waals surface area contributed by atoms with E-state index >= 15 is 0 Å². The van der Waals surface area contributed by atoms with Crippen molar-refractivity contribution in [2.75, 3.05) is 11.1 Å². The molecule has 0 saturated heterocycles. The third-order valence-corrected chi connectivity index (χ3v) is 2.75. The Hall–Kier alpha value is -2.17. The normalized spacial score (nSPS) is 16.6. The first kappa shape index (κ1) is 12.3. The second-order valence-electron chi connectivity index (χ2n) is 4.32. The van der Waals surface area contributed by atoms with Gasteiger partial charge in [-0.25, -0.2) is 9.97 Å². The van der Waals surface area contributed by atoms with Crippen LogP contribution in [0.25, 0.3) is 0 Å². The molecule has 2 rings (SSSR count). The van der Waals surface area contributed by atoms with Crippen LogP contribution in [0.3, 0.4) is 0 Å². The minimum atomic E-state index is 0.116. The number of nitrogens with two attached hydrogens (primary N) is 1. The van der Waals surface area contributed by atoms with E-state index in [-0.39, 0.29) is 12.0 Å². The third kappa shape index (κ3) is 3.16. The molecule has 1 heterocycles. The first-order valence-electron chi connectivity index (χ1n) is 5.90. The van der Waals surface area contributed by atoms with Gasteiger partial charge in [0, 0.05) is 0 Å². The molecule has 1 aliphatic carbocycles. The van der Waals surface area contributed by atoms with Crippen LogP contribution in [0.15, 0.2) is 41.8 Å². The van der Waals surface area contributed by atoms with Gasteiger partial charge in [-0.15, -0.1) is 0 Å². The van der Waals surface area contributed by atoms with Crippen LogP contribution in [0.4, 0.5) is 11.9 Å². The maximum absolute atomic E-state index is 5.52. The maximum atomic E-state index is 5.52. The highest BCUT2D eigenvalue weighted by atomic mass is 15.2. The monoisotopic (exact) mass is 243 g/mol. The molecule has 3 N–H and O–H groups in total. The van der Waals surface area contributed by atoms with E-state index in [0.717, 1.165) is 6.42 Å². The Bertz CT molecular complexity index is 516. The lowest BCUT2D eigenvalue weighted by Gasteiger charge is -2.14. The Balaban J connectivity index is 2.10. The lowest BCUT2D eigenvalue weighted by atomic mass is 10.1. The van der Waals surface area contributed by atoms with Crippen LogP contribution in [0.2, 0.25) is 0 Å². The summed E-state index contributed by atoms with van der Waals surface area (Å²) in [4.78, 5) is 11.8. The molecule has 5 nitrogen and oxygen atoms in total. The molecule has 1 aromatic heterocycles. The van der Waals surface area contributed by atoms with Gasteiger partial charge in [0.1, 0.15) is 6.33 Å². The smallest absolute Gasteiger partial charge is 0.227 e. The molecule has 1 aliphatic rings. The molecule has 0 fully saturated rings. The van der Waals surface area contributed by atoms with E-state index in [1.165, 1.54) is 17.5 Å².